The lowest BCUT2D eigenvalue weighted by Gasteiger charge is -2.35. The van der Waals surface area contributed by atoms with E-state index < -0.39 is 0 Å². The van der Waals surface area contributed by atoms with Crippen molar-refractivity contribution in [2.75, 3.05) is 19.6 Å². The summed E-state index contributed by atoms with van der Waals surface area (Å²) in [7, 11) is 0. The average molecular weight is 371 g/mol. The van der Waals surface area contributed by atoms with E-state index in [-0.39, 0.29) is 5.91 Å². The fourth-order valence-corrected chi connectivity index (χ4v) is 4.17. The zero-order valence-electron chi connectivity index (χ0n) is 14.9. The Kier molecular flexibility index (Phi) is 4.92. The highest BCUT2D eigenvalue weighted by Gasteiger charge is 2.35. The Hall–Kier alpha value is -1.98. The van der Waals surface area contributed by atoms with Crippen LogP contribution in [0.25, 0.3) is 11.4 Å². The fraction of sp³-hybridized carbons (Fsp3) is 0.450. The Labute approximate surface area is 159 Å². The minimum absolute atomic E-state index is 0.194. The van der Waals surface area contributed by atoms with E-state index in [4.69, 9.17) is 11.6 Å². The van der Waals surface area contributed by atoms with Gasteiger partial charge in [-0.3, -0.25) is 9.69 Å². The first-order valence-electron chi connectivity index (χ1n) is 9.15. The number of hydrogen-bond donors (Lipinski definition) is 0. The van der Waals surface area contributed by atoms with Crippen molar-refractivity contribution in [1.82, 2.24) is 19.8 Å². The van der Waals surface area contributed by atoms with Crippen LogP contribution in [0.15, 0.2) is 36.7 Å². The molecule has 4 heterocycles. The third kappa shape index (κ3) is 3.74. The van der Waals surface area contributed by atoms with E-state index in [1.54, 1.807) is 6.92 Å². The number of rotatable bonds is 3. The molecule has 2 atom stereocenters. The number of aromatic nitrogens is 2. The van der Waals surface area contributed by atoms with E-state index in [2.05, 4.69) is 14.9 Å². The highest BCUT2D eigenvalue weighted by molar-refractivity contribution is 6.30. The van der Waals surface area contributed by atoms with E-state index in [0.29, 0.717) is 22.8 Å². The van der Waals surface area contributed by atoms with Crippen LogP contribution in [0, 0.1) is 5.92 Å². The van der Waals surface area contributed by atoms with Crippen molar-refractivity contribution in [2.24, 2.45) is 5.92 Å². The van der Waals surface area contributed by atoms with Gasteiger partial charge >= 0.3 is 0 Å². The molecule has 6 heteroatoms. The number of carbonyl (C=O) groups is 1. The van der Waals surface area contributed by atoms with Crippen LogP contribution in [0.1, 0.15) is 25.3 Å². The normalized spacial score (nSPS) is 23.1. The van der Waals surface area contributed by atoms with E-state index in [1.165, 1.54) is 6.42 Å². The largest absolute Gasteiger partial charge is 0.341 e. The lowest BCUT2D eigenvalue weighted by atomic mass is 9.95. The third-order valence-electron chi connectivity index (χ3n) is 5.47. The van der Waals surface area contributed by atoms with Crippen molar-refractivity contribution < 1.29 is 4.79 Å². The molecule has 0 saturated carbocycles. The molecule has 1 aromatic heterocycles. The molecule has 0 radical (unpaired) electrons. The van der Waals surface area contributed by atoms with Gasteiger partial charge in [-0.15, -0.1) is 0 Å². The molecular weight excluding hydrogens is 348 g/mol. The maximum Gasteiger partial charge on any atom is 0.219 e. The first kappa shape index (κ1) is 17.4. The summed E-state index contributed by atoms with van der Waals surface area (Å²) in [4.78, 5) is 25.4. The van der Waals surface area contributed by atoms with E-state index in [0.717, 1.165) is 43.7 Å². The summed E-state index contributed by atoms with van der Waals surface area (Å²) in [6.45, 7) is 5.31. The summed E-state index contributed by atoms with van der Waals surface area (Å²) in [6.07, 6.45) is 6.21. The summed E-state index contributed by atoms with van der Waals surface area (Å²) < 4.78 is 0. The van der Waals surface area contributed by atoms with Crippen molar-refractivity contribution in [3.63, 3.8) is 0 Å². The third-order valence-corrected chi connectivity index (χ3v) is 5.72. The second-order valence-corrected chi connectivity index (χ2v) is 7.81. The molecule has 2 aromatic rings. The van der Waals surface area contributed by atoms with Gasteiger partial charge in [0.15, 0.2) is 5.82 Å². The minimum atomic E-state index is 0.194. The second-order valence-electron chi connectivity index (χ2n) is 7.37. The molecule has 0 aliphatic carbocycles. The van der Waals surface area contributed by atoms with Gasteiger partial charge in [-0.05, 0) is 43.0 Å². The van der Waals surface area contributed by atoms with E-state index in [9.17, 15) is 4.79 Å². The number of halogens is 1. The molecule has 0 spiro atoms. The maximum atomic E-state index is 11.8. The molecule has 26 heavy (non-hydrogen) atoms. The topological polar surface area (TPSA) is 49.3 Å². The van der Waals surface area contributed by atoms with E-state index in [1.807, 2.05) is 41.6 Å². The highest BCUT2D eigenvalue weighted by Crippen LogP contribution is 2.29. The van der Waals surface area contributed by atoms with Crippen LogP contribution < -0.4 is 0 Å². The molecule has 136 valence electrons. The SMILES string of the molecule is CC(=O)N1C[C@H]2CC[C@@H](C1)N(Cc1cnc(-c3ccc(Cl)cc3)nc1)C2. The van der Waals surface area contributed by atoms with Gasteiger partial charge in [0.2, 0.25) is 5.91 Å². The molecule has 5 rings (SSSR count). The number of carbonyl (C=O) groups excluding carboxylic acids is 1. The summed E-state index contributed by atoms with van der Waals surface area (Å²) >= 11 is 5.94. The van der Waals surface area contributed by atoms with Crippen LogP contribution >= 0.6 is 11.6 Å². The number of fused-ring (bicyclic) bond motifs is 4. The molecule has 5 nitrogen and oxygen atoms in total. The zero-order valence-corrected chi connectivity index (χ0v) is 15.7. The summed E-state index contributed by atoms with van der Waals surface area (Å²) in [6, 6.07) is 8.00. The molecule has 0 N–H and O–H groups in total. The zero-order chi connectivity index (χ0) is 18.1. The van der Waals surface area contributed by atoms with Crippen molar-refractivity contribution in [2.45, 2.75) is 32.4 Å². The Morgan fingerprint density at radius 2 is 1.85 bits per heavy atom. The lowest BCUT2D eigenvalue weighted by molar-refractivity contribution is -0.129. The first-order valence-corrected chi connectivity index (χ1v) is 9.52. The number of nitrogens with zero attached hydrogens (tertiary/aromatic N) is 4. The van der Waals surface area contributed by atoms with Gasteiger partial charge in [-0.2, -0.15) is 0 Å². The summed E-state index contributed by atoms with van der Waals surface area (Å²) in [5.74, 6) is 1.48. The quantitative estimate of drug-likeness (QED) is 0.832. The van der Waals surface area contributed by atoms with Gasteiger partial charge in [-0.25, -0.2) is 9.97 Å². The van der Waals surface area contributed by atoms with Crippen LogP contribution in [0.4, 0.5) is 0 Å². The monoisotopic (exact) mass is 370 g/mol. The standard InChI is InChI=1S/C20H23ClN4O/c1-14(26)24-10-15-2-7-19(13-24)25(11-15)12-16-8-22-20(23-9-16)17-3-5-18(21)6-4-17/h3-6,8-9,15,19H,2,7,10-13H2,1H3/t15-,19+/m1/s1. The Bertz CT molecular complexity index is 777. The summed E-state index contributed by atoms with van der Waals surface area (Å²) in [5, 5.41) is 0.709. The Balaban J connectivity index is 1.46. The van der Waals surface area contributed by atoms with Gasteiger partial charge in [-0.1, -0.05) is 11.6 Å². The number of benzene rings is 1. The van der Waals surface area contributed by atoms with Gasteiger partial charge in [0, 0.05) is 67.7 Å². The average Bonchev–Trinajstić information content (AvgIpc) is 2.95. The molecular formula is C20H23ClN4O. The number of piperidine rings is 1. The molecule has 3 aliphatic heterocycles. The minimum Gasteiger partial charge on any atom is -0.341 e. The molecule has 1 amide bonds. The molecule has 0 unspecified atom stereocenters. The maximum absolute atomic E-state index is 11.8. The highest BCUT2D eigenvalue weighted by atomic mass is 35.5. The molecule has 3 aliphatic rings. The lowest BCUT2D eigenvalue weighted by Crippen LogP contribution is -2.43. The number of amides is 1. The van der Waals surface area contributed by atoms with Crippen molar-refractivity contribution in [3.8, 4) is 11.4 Å². The smallest absolute Gasteiger partial charge is 0.219 e. The van der Waals surface area contributed by atoms with Crippen molar-refractivity contribution in [1.29, 1.82) is 0 Å². The van der Waals surface area contributed by atoms with E-state index >= 15 is 0 Å². The van der Waals surface area contributed by atoms with Crippen molar-refractivity contribution in [3.05, 3.63) is 47.2 Å². The van der Waals surface area contributed by atoms with Gasteiger partial charge in [0.1, 0.15) is 0 Å². The second kappa shape index (κ2) is 7.33. The Morgan fingerprint density at radius 1 is 1.12 bits per heavy atom. The van der Waals surface area contributed by atoms with Crippen LogP contribution in [-0.4, -0.2) is 51.4 Å². The fourth-order valence-electron chi connectivity index (χ4n) is 4.05. The number of hydrogen-bond acceptors (Lipinski definition) is 4. The van der Waals surface area contributed by atoms with Gasteiger partial charge in [0.25, 0.3) is 0 Å². The Morgan fingerprint density at radius 3 is 2.54 bits per heavy atom. The van der Waals surface area contributed by atoms with Gasteiger partial charge < -0.3 is 4.90 Å². The van der Waals surface area contributed by atoms with Crippen molar-refractivity contribution >= 4 is 17.5 Å². The van der Waals surface area contributed by atoms with Crippen LogP contribution in [0.5, 0.6) is 0 Å². The first-order chi connectivity index (χ1) is 12.6. The molecule has 2 bridgehead atoms. The van der Waals surface area contributed by atoms with Crippen LogP contribution in [0.2, 0.25) is 5.02 Å². The molecule has 1 aromatic carbocycles. The van der Waals surface area contributed by atoms with Crippen LogP contribution in [-0.2, 0) is 11.3 Å². The summed E-state index contributed by atoms with van der Waals surface area (Å²) in [5.41, 5.74) is 2.08. The predicted octanol–water partition coefficient (Wildman–Crippen LogP) is 3.24. The van der Waals surface area contributed by atoms with Crippen LogP contribution in [0.3, 0.4) is 0 Å². The molecule has 3 fully saturated rings. The van der Waals surface area contributed by atoms with Gasteiger partial charge in [0.05, 0.1) is 0 Å². The molecule has 3 saturated heterocycles. The predicted molar refractivity (Wildman–Crippen MR) is 102 cm³/mol.